The van der Waals surface area contributed by atoms with Gasteiger partial charge in [0, 0.05) is 25.1 Å². The Labute approximate surface area is 93.8 Å². The van der Waals surface area contributed by atoms with Crippen molar-refractivity contribution in [3.05, 3.63) is 24.9 Å². The molecule has 2 heterocycles. The highest BCUT2D eigenvalue weighted by Crippen LogP contribution is 2.24. The van der Waals surface area contributed by atoms with Crippen LogP contribution in [0.25, 0.3) is 0 Å². The number of ether oxygens (including phenoxy) is 1. The molecule has 1 amide bonds. The normalized spacial score (nSPS) is 19.9. The highest BCUT2D eigenvalue weighted by molar-refractivity contribution is 5.95. The fraction of sp³-hybridized carbons (Fsp3) is 0.364. The van der Waals surface area contributed by atoms with E-state index in [2.05, 4.69) is 16.5 Å². The summed E-state index contributed by atoms with van der Waals surface area (Å²) >= 11 is 0. The Hall–Kier alpha value is -1.91. The molecule has 0 bridgehead atoms. The Bertz CT molecular complexity index is 419. The summed E-state index contributed by atoms with van der Waals surface area (Å²) in [6.45, 7) is 4.33. The van der Waals surface area contributed by atoms with Gasteiger partial charge < -0.3 is 4.74 Å². The predicted octanol–water partition coefficient (Wildman–Crippen LogP) is 1.02. The second-order valence-corrected chi connectivity index (χ2v) is 3.61. The topological polar surface area (TPSA) is 55.3 Å². The minimum atomic E-state index is 0.0608. The molecule has 5 nitrogen and oxygen atoms in total. The minimum absolute atomic E-state index is 0.0608. The highest BCUT2D eigenvalue weighted by Gasteiger charge is 2.29. The van der Waals surface area contributed by atoms with Gasteiger partial charge in [-0.05, 0) is 6.07 Å². The number of hydrogen-bond acceptors (Lipinski definition) is 4. The van der Waals surface area contributed by atoms with Crippen LogP contribution in [0.2, 0.25) is 0 Å². The van der Waals surface area contributed by atoms with Crippen LogP contribution in [0.3, 0.4) is 0 Å². The number of hydrogen-bond donors (Lipinski definition) is 0. The van der Waals surface area contributed by atoms with E-state index >= 15 is 0 Å². The van der Waals surface area contributed by atoms with Gasteiger partial charge in [-0.3, -0.25) is 9.69 Å². The maximum atomic E-state index is 11.7. The molecule has 0 aromatic carbocycles. The lowest BCUT2D eigenvalue weighted by atomic mass is 10.1. The average molecular weight is 219 g/mol. The third-order valence-corrected chi connectivity index (χ3v) is 2.57. The summed E-state index contributed by atoms with van der Waals surface area (Å²) in [5.41, 5.74) is 0. The number of nitrogens with zero attached hydrogens (tertiary/aromatic N) is 3. The number of aromatic nitrogens is 2. The van der Waals surface area contributed by atoms with Gasteiger partial charge in [-0.2, -0.15) is 4.98 Å². The van der Waals surface area contributed by atoms with Crippen molar-refractivity contribution < 1.29 is 9.53 Å². The summed E-state index contributed by atoms with van der Waals surface area (Å²) in [6, 6.07) is 1.97. The van der Waals surface area contributed by atoms with Crippen LogP contribution < -0.4 is 9.64 Å². The number of methoxy groups -OCH3 is 1. The molecular weight excluding hydrogens is 206 g/mol. The quantitative estimate of drug-likeness (QED) is 0.712. The Morgan fingerprint density at radius 3 is 3.12 bits per heavy atom. The van der Waals surface area contributed by atoms with E-state index in [9.17, 15) is 4.79 Å². The minimum Gasteiger partial charge on any atom is -0.467 e. The van der Waals surface area contributed by atoms with Crippen molar-refractivity contribution in [3.8, 4) is 6.01 Å². The summed E-state index contributed by atoms with van der Waals surface area (Å²) in [7, 11) is 1.50. The van der Waals surface area contributed by atoms with Crippen LogP contribution >= 0.6 is 0 Å². The molecule has 1 aliphatic heterocycles. The van der Waals surface area contributed by atoms with Gasteiger partial charge in [-0.1, -0.05) is 6.08 Å². The van der Waals surface area contributed by atoms with Gasteiger partial charge in [-0.15, -0.1) is 6.58 Å². The largest absolute Gasteiger partial charge is 0.467 e. The number of amides is 1. The van der Waals surface area contributed by atoms with Crippen LogP contribution in [0.5, 0.6) is 6.01 Å². The molecule has 0 saturated carbocycles. The van der Waals surface area contributed by atoms with Crippen LogP contribution in [0, 0.1) is 5.92 Å². The molecule has 1 unspecified atom stereocenters. The smallest absolute Gasteiger partial charge is 0.318 e. The van der Waals surface area contributed by atoms with Crippen LogP contribution in [0.1, 0.15) is 6.42 Å². The molecule has 1 aliphatic rings. The first kappa shape index (κ1) is 10.6. The third-order valence-electron chi connectivity index (χ3n) is 2.57. The standard InChI is InChI=1S/C11H13N3O2/c1-3-8-6-10(15)14(7-8)9-4-5-12-11(13-9)16-2/h3-5,8H,1,6-7H2,2H3. The van der Waals surface area contributed by atoms with Gasteiger partial charge in [-0.25, -0.2) is 4.98 Å². The van der Waals surface area contributed by atoms with Crippen LogP contribution in [-0.2, 0) is 4.79 Å². The van der Waals surface area contributed by atoms with Gasteiger partial charge in [0.2, 0.25) is 5.91 Å². The van der Waals surface area contributed by atoms with Gasteiger partial charge >= 0.3 is 6.01 Å². The fourth-order valence-corrected chi connectivity index (χ4v) is 1.70. The van der Waals surface area contributed by atoms with E-state index in [0.717, 1.165) is 0 Å². The lowest BCUT2D eigenvalue weighted by Gasteiger charge is -2.14. The highest BCUT2D eigenvalue weighted by atomic mass is 16.5. The molecule has 16 heavy (non-hydrogen) atoms. The molecule has 1 aromatic rings. The number of carbonyl (C=O) groups excluding carboxylic acids is 1. The SMILES string of the molecule is C=CC1CC(=O)N(c2ccnc(OC)n2)C1. The molecule has 1 aromatic heterocycles. The summed E-state index contributed by atoms with van der Waals surface area (Å²) < 4.78 is 4.92. The number of carbonyl (C=O) groups is 1. The summed E-state index contributed by atoms with van der Waals surface area (Å²) in [5.74, 6) is 0.848. The molecule has 1 atom stereocenters. The third kappa shape index (κ3) is 1.88. The summed E-state index contributed by atoms with van der Waals surface area (Å²) in [4.78, 5) is 21.4. The Morgan fingerprint density at radius 1 is 1.69 bits per heavy atom. The monoisotopic (exact) mass is 219 g/mol. The van der Waals surface area contributed by atoms with Crippen LogP contribution in [0.4, 0.5) is 5.82 Å². The number of anilines is 1. The zero-order chi connectivity index (χ0) is 11.5. The van der Waals surface area contributed by atoms with Gasteiger partial charge in [0.1, 0.15) is 5.82 Å². The Morgan fingerprint density at radius 2 is 2.50 bits per heavy atom. The van der Waals surface area contributed by atoms with E-state index in [-0.39, 0.29) is 17.8 Å². The Kier molecular flexibility index (Phi) is 2.85. The molecular formula is C11H13N3O2. The molecule has 1 fully saturated rings. The second-order valence-electron chi connectivity index (χ2n) is 3.61. The zero-order valence-electron chi connectivity index (χ0n) is 9.09. The van der Waals surface area contributed by atoms with Crippen molar-refractivity contribution in [1.29, 1.82) is 0 Å². The first-order chi connectivity index (χ1) is 7.74. The first-order valence-corrected chi connectivity index (χ1v) is 5.04. The lowest BCUT2D eigenvalue weighted by molar-refractivity contribution is -0.117. The van der Waals surface area contributed by atoms with E-state index in [0.29, 0.717) is 18.8 Å². The van der Waals surface area contributed by atoms with E-state index in [4.69, 9.17) is 4.74 Å². The van der Waals surface area contributed by atoms with Crippen LogP contribution in [-0.4, -0.2) is 29.5 Å². The number of rotatable bonds is 3. The molecule has 1 saturated heterocycles. The van der Waals surface area contributed by atoms with Gasteiger partial charge in [0.05, 0.1) is 7.11 Å². The molecule has 0 N–H and O–H groups in total. The second kappa shape index (κ2) is 4.30. The van der Waals surface area contributed by atoms with Crippen LogP contribution in [0.15, 0.2) is 24.9 Å². The molecule has 2 rings (SSSR count). The molecule has 0 aliphatic carbocycles. The van der Waals surface area contributed by atoms with E-state index in [1.807, 2.05) is 0 Å². The average Bonchev–Trinajstić information content (AvgIpc) is 2.71. The maximum absolute atomic E-state index is 11.7. The van der Waals surface area contributed by atoms with Crippen molar-refractivity contribution in [3.63, 3.8) is 0 Å². The summed E-state index contributed by atoms with van der Waals surface area (Å²) in [5, 5.41) is 0. The van der Waals surface area contributed by atoms with Crippen molar-refractivity contribution in [2.75, 3.05) is 18.6 Å². The Balaban J connectivity index is 2.23. The van der Waals surface area contributed by atoms with E-state index in [1.54, 1.807) is 23.2 Å². The molecule has 0 radical (unpaired) electrons. The lowest BCUT2D eigenvalue weighted by Crippen LogP contribution is -2.25. The molecule has 84 valence electrons. The fourth-order valence-electron chi connectivity index (χ4n) is 1.70. The maximum Gasteiger partial charge on any atom is 0.318 e. The zero-order valence-corrected chi connectivity index (χ0v) is 9.09. The molecule has 5 heteroatoms. The van der Waals surface area contributed by atoms with Gasteiger partial charge in [0.25, 0.3) is 0 Å². The van der Waals surface area contributed by atoms with E-state index in [1.165, 1.54) is 7.11 Å². The molecule has 0 spiro atoms. The van der Waals surface area contributed by atoms with E-state index < -0.39 is 0 Å². The summed E-state index contributed by atoms with van der Waals surface area (Å²) in [6.07, 6.45) is 3.88. The van der Waals surface area contributed by atoms with Crippen molar-refractivity contribution >= 4 is 11.7 Å². The first-order valence-electron chi connectivity index (χ1n) is 5.04. The van der Waals surface area contributed by atoms with Crippen molar-refractivity contribution in [1.82, 2.24) is 9.97 Å². The van der Waals surface area contributed by atoms with Gasteiger partial charge in [0.15, 0.2) is 0 Å². The van der Waals surface area contributed by atoms with Crippen molar-refractivity contribution in [2.45, 2.75) is 6.42 Å². The predicted molar refractivity (Wildman–Crippen MR) is 59.2 cm³/mol. The van der Waals surface area contributed by atoms with Crippen molar-refractivity contribution in [2.24, 2.45) is 5.92 Å².